The van der Waals surface area contributed by atoms with Gasteiger partial charge in [0.05, 0.1) is 80.9 Å². The van der Waals surface area contributed by atoms with E-state index in [1.165, 1.54) is 0 Å². The Morgan fingerprint density at radius 3 is 0.707 bits per heavy atom. The van der Waals surface area contributed by atoms with E-state index < -0.39 is 75.4 Å². The van der Waals surface area contributed by atoms with E-state index in [0.29, 0.717) is 0 Å². The van der Waals surface area contributed by atoms with Crippen molar-refractivity contribution in [3.05, 3.63) is 87.0 Å². The molecule has 1 aromatic heterocycles. The Hall–Kier alpha value is 1.02. The van der Waals surface area contributed by atoms with Crippen LogP contribution in [0, 0.1) is 11.6 Å². The number of halogens is 17. The van der Waals surface area contributed by atoms with E-state index in [1.54, 1.807) is 0 Å². The lowest BCUT2D eigenvalue weighted by molar-refractivity contribution is 0.585. The van der Waals surface area contributed by atoms with Gasteiger partial charge in [-0.3, -0.25) is 0 Å². The highest BCUT2D eigenvalue weighted by atomic mass is 35.5. The maximum Gasteiger partial charge on any atom is 0.160 e. The number of aromatic nitrogens is 1. The van der Waals surface area contributed by atoms with E-state index >= 15 is 8.78 Å². The summed E-state index contributed by atoms with van der Waals surface area (Å²) in [5.41, 5.74) is -3.78. The van der Waals surface area contributed by atoms with Gasteiger partial charge in [-0.1, -0.05) is 174 Å². The Morgan fingerprint density at radius 1 is 0.268 bits per heavy atom. The zero-order chi connectivity index (χ0) is 31.0. The Kier molecular flexibility index (Phi) is 11.1. The summed E-state index contributed by atoms with van der Waals surface area (Å²) in [4.78, 5) is 4.10. The number of benzene rings is 3. The number of nitrogens with zero attached hydrogens (tertiary/aromatic N) is 1. The van der Waals surface area contributed by atoms with Crippen LogP contribution in [-0.2, 0) is 0 Å². The van der Waals surface area contributed by atoms with Gasteiger partial charge in [-0.25, -0.2) is 13.8 Å². The molecule has 3 aromatic carbocycles. The molecule has 1 nitrogen and oxygen atoms in total. The molecular formula is C23Cl15F2N. The van der Waals surface area contributed by atoms with Crippen molar-refractivity contribution in [1.82, 2.24) is 4.98 Å². The Balaban J connectivity index is 2.34. The van der Waals surface area contributed by atoms with Crippen molar-refractivity contribution in [1.29, 1.82) is 0 Å². The molecule has 4 rings (SSSR count). The first-order valence-corrected chi connectivity index (χ1v) is 15.6. The lowest BCUT2D eigenvalue weighted by Crippen LogP contribution is -2.05. The average molecular weight is 860 g/mol. The van der Waals surface area contributed by atoms with E-state index in [4.69, 9.17) is 174 Å². The maximum absolute atomic E-state index is 16.6. The Bertz CT molecular complexity index is 1640. The maximum atomic E-state index is 16.6. The van der Waals surface area contributed by atoms with Gasteiger partial charge < -0.3 is 0 Å². The van der Waals surface area contributed by atoms with Crippen LogP contribution in [0.2, 0.25) is 75.3 Å². The summed E-state index contributed by atoms with van der Waals surface area (Å²) < 4.78 is 33.1. The van der Waals surface area contributed by atoms with Crippen molar-refractivity contribution < 1.29 is 8.78 Å². The summed E-state index contributed by atoms with van der Waals surface area (Å²) in [6.45, 7) is 0. The van der Waals surface area contributed by atoms with Crippen LogP contribution in [-0.4, -0.2) is 4.98 Å². The van der Waals surface area contributed by atoms with Crippen molar-refractivity contribution in [3.8, 4) is 33.6 Å². The average Bonchev–Trinajstić information content (AvgIpc) is 2.94. The second-order valence-corrected chi connectivity index (χ2v) is 13.3. The number of rotatable bonds is 3. The van der Waals surface area contributed by atoms with Crippen LogP contribution in [0.15, 0.2) is 0 Å². The number of pyridine rings is 1. The van der Waals surface area contributed by atoms with Gasteiger partial charge in [0.15, 0.2) is 11.6 Å². The monoisotopic (exact) mass is 853 g/mol. The number of hydrogen-bond donors (Lipinski definition) is 0. The van der Waals surface area contributed by atoms with Gasteiger partial charge in [0, 0.05) is 16.7 Å². The van der Waals surface area contributed by atoms with Gasteiger partial charge in [-0.05, 0) is 0 Å². The standard InChI is InChI=1S/C23Cl15F2N/c24-5-1(6(25)12(31)17(36)11(5)30)2-20(39)22(3-7(26)13(32)18(37)14(33)8(3)27)41-23(21(2)40)4-9(28)15(34)19(38)16(35)10(4)29. The highest BCUT2D eigenvalue weighted by Gasteiger charge is 2.34. The van der Waals surface area contributed by atoms with Gasteiger partial charge in [-0.15, -0.1) is 0 Å². The molecule has 0 bridgehead atoms. The van der Waals surface area contributed by atoms with Crippen molar-refractivity contribution in [2.45, 2.75) is 0 Å². The zero-order valence-electron chi connectivity index (χ0n) is 18.4. The van der Waals surface area contributed by atoms with Gasteiger partial charge in [0.25, 0.3) is 0 Å². The second kappa shape index (κ2) is 13.0. The molecule has 0 amide bonds. The predicted molar refractivity (Wildman–Crippen MR) is 176 cm³/mol. The topological polar surface area (TPSA) is 12.9 Å². The van der Waals surface area contributed by atoms with Gasteiger partial charge in [0.1, 0.15) is 11.4 Å². The molecule has 0 spiro atoms. The third-order valence-electron chi connectivity index (χ3n) is 5.43. The third kappa shape index (κ3) is 5.66. The van der Waals surface area contributed by atoms with Crippen molar-refractivity contribution in [2.75, 3.05) is 0 Å². The molecule has 0 fully saturated rings. The quantitative estimate of drug-likeness (QED) is 0.148. The summed E-state index contributed by atoms with van der Waals surface area (Å²) in [6, 6.07) is 0. The molecule has 0 saturated heterocycles. The fourth-order valence-electron chi connectivity index (χ4n) is 3.54. The second-order valence-electron chi connectivity index (χ2n) is 7.65. The minimum atomic E-state index is -1.43. The summed E-state index contributed by atoms with van der Waals surface area (Å²) in [5, 5.41) is -5.44. The normalized spacial score (nSPS) is 11.5. The van der Waals surface area contributed by atoms with Crippen LogP contribution in [0.3, 0.4) is 0 Å². The molecule has 41 heavy (non-hydrogen) atoms. The van der Waals surface area contributed by atoms with Gasteiger partial charge in [0.2, 0.25) is 0 Å². The minimum absolute atomic E-state index is 0.250. The van der Waals surface area contributed by atoms with Crippen LogP contribution in [0.5, 0.6) is 0 Å². The molecule has 4 aromatic rings. The molecule has 1 heterocycles. The first kappa shape index (κ1) is 34.9. The van der Waals surface area contributed by atoms with Gasteiger partial charge >= 0.3 is 0 Å². The highest BCUT2D eigenvalue weighted by molar-refractivity contribution is 6.59. The fraction of sp³-hybridized carbons (Fsp3) is 0. The van der Waals surface area contributed by atoms with Crippen molar-refractivity contribution >= 4 is 174 Å². The Labute approximate surface area is 305 Å². The first-order chi connectivity index (χ1) is 19.0. The minimum Gasteiger partial charge on any atom is -0.241 e. The summed E-state index contributed by atoms with van der Waals surface area (Å²) >= 11 is 93.9. The molecule has 0 unspecified atom stereocenters. The first-order valence-electron chi connectivity index (χ1n) is 9.91. The van der Waals surface area contributed by atoms with Crippen LogP contribution >= 0.6 is 174 Å². The summed E-state index contributed by atoms with van der Waals surface area (Å²) in [5.74, 6) is -2.86. The molecule has 0 radical (unpaired) electrons. The zero-order valence-corrected chi connectivity index (χ0v) is 29.7. The molecule has 0 aliphatic rings. The van der Waals surface area contributed by atoms with E-state index in [0.717, 1.165) is 0 Å². The molecular weight excluding hydrogens is 860 g/mol. The molecule has 0 aliphatic heterocycles. The van der Waals surface area contributed by atoms with Crippen molar-refractivity contribution in [3.63, 3.8) is 0 Å². The van der Waals surface area contributed by atoms with Crippen LogP contribution in [0.1, 0.15) is 0 Å². The van der Waals surface area contributed by atoms with E-state index in [1.807, 2.05) is 0 Å². The highest BCUT2D eigenvalue weighted by Crippen LogP contribution is 2.55. The molecule has 0 N–H and O–H groups in total. The third-order valence-corrected chi connectivity index (χ3v) is 12.3. The van der Waals surface area contributed by atoms with Crippen molar-refractivity contribution in [2.24, 2.45) is 0 Å². The summed E-state index contributed by atoms with van der Waals surface area (Å²) in [6.07, 6.45) is 0. The number of hydrogen-bond acceptors (Lipinski definition) is 1. The predicted octanol–water partition coefficient (Wildman–Crippen LogP) is 16.2. The smallest absolute Gasteiger partial charge is 0.160 e. The van der Waals surface area contributed by atoms with E-state index in [9.17, 15) is 0 Å². The van der Waals surface area contributed by atoms with Crippen LogP contribution < -0.4 is 0 Å². The lowest BCUT2D eigenvalue weighted by atomic mass is 9.97. The molecule has 18 heteroatoms. The van der Waals surface area contributed by atoms with E-state index in [2.05, 4.69) is 4.98 Å². The molecule has 0 atom stereocenters. The molecule has 0 saturated carbocycles. The van der Waals surface area contributed by atoms with Crippen LogP contribution in [0.4, 0.5) is 8.78 Å². The SMILES string of the molecule is Fc1c(-c2c(Cl)c(Cl)c(Cl)c(Cl)c2Cl)nc(-c2c(Cl)c(Cl)c(Cl)c(Cl)c2Cl)c(F)c1-c1c(Cl)c(Cl)c(Cl)c(Cl)c1Cl. The largest absolute Gasteiger partial charge is 0.241 e. The molecule has 0 aliphatic carbocycles. The summed E-state index contributed by atoms with van der Waals surface area (Å²) in [7, 11) is 0. The van der Waals surface area contributed by atoms with Gasteiger partial charge in [-0.2, -0.15) is 0 Å². The fourth-order valence-corrected chi connectivity index (χ4v) is 7.51. The van der Waals surface area contributed by atoms with Crippen LogP contribution in [0.25, 0.3) is 33.6 Å². The molecule has 216 valence electrons. The van der Waals surface area contributed by atoms with E-state index in [-0.39, 0.29) is 45.2 Å². The lowest BCUT2D eigenvalue weighted by Gasteiger charge is -2.20. The Morgan fingerprint density at radius 2 is 0.463 bits per heavy atom.